The molecule has 2 aliphatic heterocycles. The van der Waals surface area contributed by atoms with Gasteiger partial charge < -0.3 is 10.2 Å². The van der Waals surface area contributed by atoms with Crippen molar-refractivity contribution in [2.45, 2.75) is 31.5 Å². The Bertz CT molecular complexity index is 1880. The number of rotatable bonds is 6. The first-order valence-corrected chi connectivity index (χ1v) is 14.9. The minimum atomic E-state index is -4.71. The fourth-order valence-electron chi connectivity index (χ4n) is 6.20. The highest BCUT2D eigenvalue weighted by Crippen LogP contribution is 2.44. The molecule has 3 atom stereocenters. The molecular weight excluding hydrogens is 616 g/mol. The van der Waals surface area contributed by atoms with Crippen molar-refractivity contribution in [3.05, 3.63) is 113 Å². The Labute approximate surface area is 267 Å². The lowest BCUT2D eigenvalue weighted by Crippen LogP contribution is -2.55. The van der Waals surface area contributed by atoms with E-state index in [1.807, 2.05) is 0 Å². The quantitative estimate of drug-likeness (QED) is 0.286. The van der Waals surface area contributed by atoms with E-state index in [0.29, 0.717) is 30.3 Å². The number of likely N-dealkylation sites (tertiary alicyclic amines) is 1. The number of likely N-dealkylation sites (N-methyl/N-ethyl adjacent to an activating group) is 1. The Morgan fingerprint density at radius 3 is 2.40 bits per heavy atom. The first-order chi connectivity index (χ1) is 22.5. The molecule has 3 heterocycles. The summed E-state index contributed by atoms with van der Waals surface area (Å²) in [7, 11) is 0. The predicted molar refractivity (Wildman–Crippen MR) is 162 cm³/mol. The van der Waals surface area contributed by atoms with E-state index < -0.39 is 47.2 Å². The van der Waals surface area contributed by atoms with Crippen molar-refractivity contribution in [3.63, 3.8) is 0 Å². The van der Waals surface area contributed by atoms with E-state index in [2.05, 4.69) is 11.4 Å². The number of carbonyl (C=O) groups excluding carboxylic acids is 3. The fourth-order valence-corrected chi connectivity index (χ4v) is 6.20. The summed E-state index contributed by atoms with van der Waals surface area (Å²) in [6.07, 6.45) is -4.23. The van der Waals surface area contributed by atoms with Crippen LogP contribution in [0, 0.1) is 23.1 Å². The lowest BCUT2D eigenvalue weighted by Gasteiger charge is -2.38. The summed E-state index contributed by atoms with van der Waals surface area (Å²) >= 11 is 0. The molecule has 1 fully saturated rings. The number of hydrogen-bond donors (Lipinski definition) is 1. The molecule has 0 unspecified atom stereocenters. The van der Waals surface area contributed by atoms with E-state index in [0.717, 1.165) is 12.1 Å². The number of benzene rings is 3. The first kappa shape index (κ1) is 31.5. The molecule has 0 spiro atoms. The number of alkyl halides is 3. The van der Waals surface area contributed by atoms with Gasteiger partial charge in [-0.15, -0.1) is 0 Å². The molecule has 9 nitrogen and oxygen atoms in total. The lowest BCUT2D eigenvalue weighted by molar-refractivity contribution is -0.137. The molecule has 0 radical (unpaired) electrons. The van der Waals surface area contributed by atoms with E-state index in [-0.39, 0.29) is 41.6 Å². The van der Waals surface area contributed by atoms with Crippen LogP contribution in [-0.4, -0.2) is 58.1 Å². The normalized spacial score (nSPS) is 19.3. The van der Waals surface area contributed by atoms with Crippen LogP contribution >= 0.6 is 0 Å². The number of anilines is 1. The van der Waals surface area contributed by atoms with Crippen molar-refractivity contribution >= 4 is 23.5 Å². The molecule has 47 heavy (non-hydrogen) atoms. The van der Waals surface area contributed by atoms with Crippen molar-refractivity contribution in [1.82, 2.24) is 20.0 Å². The second-order valence-corrected chi connectivity index (χ2v) is 11.3. The third kappa shape index (κ3) is 5.82. The zero-order valence-electron chi connectivity index (χ0n) is 25.0. The van der Waals surface area contributed by atoms with Crippen molar-refractivity contribution < 1.29 is 31.9 Å². The predicted octanol–water partition coefficient (Wildman–Crippen LogP) is 5.31. The summed E-state index contributed by atoms with van der Waals surface area (Å²) in [5.74, 6) is -3.80. The molecule has 1 aromatic heterocycles. The monoisotopic (exact) mass is 644 g/mol. The van der Waals surface area contributed by atoms with Gasteiger partial charge in [0.25, 0.3) is 17.7 Å². The minimum absolute atomic E-state index is 0.0268. The topological polar surface area (TPSA) is 111 Å². The number of nitrogens with zero attached hydrogens (tertiary/aromatic N) is 5. The molecule has 1 saturated heterocycles. The maximum atomic E-state index is 14.3. The standard InChI is InChI=1S/C34H28F4N6O3/c1-2-43-31-27(29(32(46)42-16-15-20(18-39)19-42)41-44(31)25-9-4-3-5-10-25)26(21-11-13-24(35)14-12-21)28(33(43)47)40-30(45)22-7-6-8-23(17-22)34(36,37)38/h3-14,17,20,26,28H,2,15-16,19H2,1H3,(H,40,45)/t20-,26-,28-/m0/s1. The molecule has 240 valence electrons. The maximum Gasteiger partial charge on any atom is 0.416 e. The van der Waals surface area contributed by atoms with Gasteiger partial charge in [-0.1, -0.05) is 36.4 Å². The Hall–Kier alpha value is -5.51. The SMILES string of the molecule is CCN1C(=O)[C@@H](NC(=O)c2cccc(C(F)(F)F)c2)[C@@H](c2ccc(F)cc2)c2c(C(=O)N3CC[C@@H](C#N)C3)nn(-c3ccccc3)c21. The average molecular weight is 645 g/mol. The smallest absolute Gasteiger partial charge is 0.339 e. The number of aromatic nitrogens is 2. The summed E-state index contributed by atoms with van der Waals surface area (Å²) in [6.45, 7) is 2.27. The van der Waals surface area contributed by atoms with Crippen LogP contribution in [0.25, 0.3) is 5.69 Å². The Kier molecular flexibility index (Phi) is 8.27. The number of nitrogens with one attached hydrogen (secondary N) is 1. The molecule has 3 aromatic carbocycles. The third-order valence-electron chi connectivity index (χ3n) is 8.47. The molecule has 0 bridgehead atoms. The van der Waals surface area contributed by atoms with Crippen molar-refractivity contribution in [1.29, 1.82) is 5.26 Å². The summed E-state index contributed by atoms with van der Waals surface area (Å²) in [6, 6.07) is 18.6. The highest BCUT2D eigenvalue weighted by atomic mass is 19.4. The second-order valence-electron chi connectivity index (χ2n) is 11.3. The Balaban J connectivity index is 1.55. The molecular formula is C34H28F4N6O3. The van der Waals surface area contributed by atoms with E-state index in [9.17, 15) is 37.2 Å². The Morgan fingerprint density at radius 1 is 1.04 bits per heavy atom. The lowest BCUT2D eigenvalue weighted by atomic mass is 9.80. The van der Waals surface area contributed by atoms with Gasteiger partial charge >= 0.3 is 6.18 Å². The zero-order chi connectivity index (χ0) is 33.5. The Morgan fingerprint density at radius 2 is 1.77 bits per heavy atom. The van der Waals surface area contributed by atoms with Crippen LogP contribution in [0.1, 0.15) is 56.8 Å². The van der Waals surface area contributed by atoms with Crippen molar-refractivity contribution in [3.8, 4) is 11.8 Å². The zero-order valence-corrected chi connectivity index (χ0v) is 25.0. The van der Waals surface area contributed by atoms with Crippen LogP contribution in [0.2, 0.25) is 0 Å². The van der Waals surface area contributed by atoms with Gasteiger partial charge in [0, 0.05) is 36.7 Å². The van der Waals surface area contributed by atoms with Gasteiger partial charge in [-0.2, -0.15) is 23.5 Å². The average Bonchev–Trinajstić information content (AvgIpc) is 3.71. The van der Waals surface area contributed by atoms with Crippen molar-refractivity contribution in [2.75, 3.05) is 24.5 Å². The van der Waals surface area contributed by atoms with Crippen LogP contribution in [-0.2, 0) is 11.0 Å². The van der Waals surface area contributed by atoms with Crippen LogP contribution in [0.15, 0.2) is 78.9 Å². The van der Waals surface area contributed by atoms with Gasteiger partial charge in [-0.05, 0) is 61.4 Å². The second kappa shape index (κ2) is 12.4. The van der Waals surface area contributed by atoms with Gasteiger partial charge in [-0.3, -0.25) is 19.3 Å². The molecule has 1 N–H and O–H groups in total. The van der Waals surface area contributed by atoms with Crippen LogP contribution in [0.3, 0.4) is 0 Å². The molecule has 13 heteroatoms. The van der Waals surface area contributed by atoms with Crippen LogP contribution in [0.4, 0.5) is 23.4 Å². The molecule has 0 saturated carbocycles. The van der Waals surface area contributed by atoms with Gasteiger partial charge in [0.1, 0.15) is 17.7 Å². The summed E-state index contributed by atoms with van der Waals surface area (Å²) in [5, 5.41) is 16.8. The summed E-state index contributed by atoms with van der Waals surface area (Å²) < 4.78 is 56.1. The van der Waals surface area contributed by atoms with E-state index in [1.165, 1.54) is 44.8 Å². The number of nitriles is 1. The van der Waals surface area contributed by atoms with E-state index >= 15 is 0 Å². The van der Waals surface area contributed by atoms with Crippen LogP contribution in [0.5, 0.6) is 0 Å². The largest absolute Gasteiger partial charge is 0.416 e. The maximum absolute atomic E-state index is 14.3. The summed E-state index contributed by atoms with van der Waals surface area (Å²) in [4.78, 5) is 45.0. The molecule has 3 amide bonds. The van der Waals surface area contributed by atoms with Gasteiger partial charge in [0.2, 0.25) is 0 Å². The number of fused-ring (bicyclic) bond motifs is 1. The summed E-state index contributed by atoms with van der Waals surface area (Å²) in [5.41, 5.74) is -0.206. The molecule has 4 aromatic rings. The number of amides is 3. The highest BCUT2D eigenvalue weighted by molar-refractivity contribution is 6.07. The van der Waals surface area contributed by atoms with Gasteiger partial charge in [0.05, 0.1) is 23.2 Å². The third-order valence-corrected chi connectivity index (χ3v) is 8.47. The minimum Gasteiger partial charge on any atom is -0.339 e. The molecule has 0 aliphatic carbocycles. The van der Waals surface area contributed by atoms with Crippen molar-refractivity contribution in [2.24, 2.45) is 5.92 Å². The fraction of sp³-hybridized carbons (Fsp3) is 0.265. The molecule has 6 rings (SSSR count). The number of hydrogen-bond acceptors (Lipinski definition) is 5. The molecule has 2 aliphatic rings. The highest BCUT2D eigenvalue weighted by Gasteiger charge is 2.48. The van der Waals surface area contributed by atoms with E-state index in [4.69, 9.17) is 5.10 Å². The first-order valence-electron chi connectivity index (χ1n) is 14.9. The van der Waals surface area contributed by atoms with Gasteiger partial charge in [0.15, 0.2) is 5.69 Å². The van der Waals surface area contributed by atoms with Crippen LogP contribution < -0.4 is 10.2 Å². The number of para-hydroxylation sites is 1. The van der Waals surface area contributed by atoms with E-state index in [1.54, 1.807) is 37.3 Å². The number of carbonyl (C=O) groups is 3. The number of halogens is 4. The van der Waals surface area contributed by atoms with Gasteiger partial charge in [-0.25, -0.2) is 9.07 Å².